The SMILES string of the molecule is COC(=O)c1cc(N2CCOC[C@H]2C)nc2c(I)nn(COCCS(C)(C)C)c12. The molecule has 2 aromatic heterocycles. The van der Waals surface area contributed by atoms with Gasteiger partial charge in [0.05, 0.1) is 38.5 Å². The van der Waals surface area contributed by atoms with Crippen molar-refractivity contribution < 1.29 is 19.0 Å². The van der Waals surface area contributed by atoms with Gasteiger partial charge in [-0.05, 0) is 54.3 Å². The first-order chi connectivity index (χ1) is 13.7. The standard InChI is InChI=1S/C19H29IN4O4S/c1-13-11-27-7-6-23(13)15-10-14(19(25)26-2)17-16(21-15)18(20)22-24(17)12-28-8-9-29(3,4)5/h10,13H,6-9,11-12H2,1-5H3/t13-/m1/s1. The second-order valence-corrected chi connectivity index (χ2v) is 13.6. The molecular weight excluding hydrogens is 507 g/mol. The van der Waals surface area contributed by atoms with Gasteiger partial charge in [-0.1, -0.05) is 0 Å². The number of aromatic nitrogens is 3. The average Bonchev–Trinajstić information content (AvgIpc) is 2.99. The Kier molecular flexibility index (Phi) is 7.28. The lowest BCUT2D eigenvalue weighted by Gasteiger charge is -2.34. The van der Waals surface area contributed by atoms with Crippen LogP contribution in [0.2, 0.25) is 0 Å². The van der Waals surface area contributed by atoms with Crippen LogP contribution in [-0.2, 0) is 20.9 Å². The highest BCUT2D eigenvalue weighted by atomic mass is 127. The summed E-state index contributed by atoms with van der Waals surface area (Å²) in [5, 5.41) is 4.58. The minimum Gasteiger partial charge on any atom is -0.465 e. The maximum atomic E-state index is 12.6. The van der Waals surface area contributed by atoms with E-state index in [1.807, 2.05) is 0 Å². The summed E-state index contributed by atoms with van der Waals surface area (Å²) < 4.78 is 18.9. The largest absolute Gasteiger partial charge is 0.465 e. The lowest BCUT2D eigenvalue weighted by atomic mass is 10.2. The first-order valence-corrected chi connectivity index (χ1v) is 13.6. The topological polar surface area (TPSA) is 78.7 Å². The Morgan fingerprint density at radius 1 is 1.41 bits per heavy atom. The minimum absolute atomic E-state index is 0.176. The van der Waals surface area contributed by atoms with Gasteiger partial charge in [-0.2, -0.15) is 5.10 Å². The molecule has 1 aliphatic heterocycles. The van der Waals surface area contributed by atoms with Gasteiger partial charge in [0.1, 0.15) is 27.3 Å². The van der Waals surface area contributed by atoms with Gasteiger partial charge in [0, 0.05) is 12.3 Å². The Morgan fingerprint density at radius 3 is 2.83 bits per heavy atom. The van der Waals surface area contributed by atoms with Crippen molar-refractivity contribution >= 4 is 55.4 Å². The maximum absolute atomic E-state index is 12.6. The summed E-state index contributed by atoms with van der Waals surface area (Å²) in [6.45, 7) is 5.01. The van der Waals surface area contributed by atoms with Gasteiger partial charge in [0.2, 0.25) is 0 Å². The van der Waals surface area contributed by atoms with Gasteiger partial charge in [-0.25, -0.2) is 24.5 Å². The number of hydrogen-bond acceptors (Lipinski definition) is 7. The van der Waals surface area contributed by atoms with Gasteiger partial charge in [0.25, 0.3) is 0 Å². The van der Waals surface area contributed by atoms with Crippen LogP contribution in [0.3, 0.4) is 0 Å². The van der Waals surface area contributed by atoms with E-state index in [-0.39, 0.29) is 12.8 Å². The van der Waals surface area contributed by atoms with E-state index in [0.717, 1.165) is 21.8 Å². The van der Waals surface area contributed by atoms with E-state index in [1.54, 1.807) is 10.7 Å². The highest BCUT2D eigenvalue weighted by Gasteiger charge is 2.26. The number of carbonyl (C=O) groups excluding carboxylic acids is 1. The van der Waals surface area contributed by atoms with Crippen molar-refractivity contribution in [2.24, 2.45) is 0 Å². The van der Waals surface area contributed by atoms with Crippen LogP contribution in [0.5, 0.6) is 0 Å². The number of morpholine rings is 1. The molecule has 0 saturated carbocycles. The molecule has 1 aliphatic rings. The summed E-state index contributed by atoms with van der Waals surface area (Å²) in [4.78, 5) is 19.6. The zero-order valence-corrected chi connectivity index (χ0v) is 20.6. The van der Waals surface area contributed by atoms with Gasteiger partial charge < -0.3 is 19.1 Å². The highest BCUT2D eigenvalue weighted by molar-refractivity contribution is 14.1. The zero-order valence-electron chi connectivity index (χ0n) is 17.6. The minimum atomic E-state index is -0.623. The number of halogens is 1. The van der Waals surface area contributed by atoms with Crippen molar-refractivity contribution in [3.05, 3.63) is 15.3 Å². The van der Waals surface area contributed by atoms with Crippen molar-refractivity contribution in [2.75, 3.05) is 62.9 Å². The third-order valence-electron chi connectivity index (χ3n) is 4.76. The van der Waals surface area contributed by atoms with E-state index >= 15 is 0 Å². The molecule has 1 fully saturated rings. The normalized spacial score (nSPS) is 18.3. The average molecular weight is 536 g/mol. The number of carbonyl (C=O) groups is 1. The van der Waals surface area contributed by atoms with Crippen molar-refractivity contribution in [3.63, 3.8) is 0 Å². The predicted octanol–water partition coefficient (Wildman–Crippen LogP) is 2.72. The molecule has 3 rings (SSSR count). The van der Waals surface area contributed by atoms with Crippen molar-refractivity contribution in [2.45, 2.75) is 19.7 Å². The summed E-state index contributed by atoms with van der Waals surface area (Å²) in [5.41, 5.74) is 1.79. The maximum Gasteiger partial charge on any atom is 0.340 e. The second kappa shape index (κ2) is 9.36. The van der Waals surface area contributed by atoms with Crippen LogP contribution in [-0.4, -0.2) is 84.8 Å². The summed E-state index contributed by atoms with van der Waals surface area (Å²) in [6, 6.07) is 1.97. The third-order valence-corrected chi connectivity index (χ3v) is 6.88. The molecule has 0 aromatic carbocycles. The van der Waals surface area contributed by atoms with E-state index < -0.39 is 16.0 Å². The van der Waals surface area contributed by atoms with Crippen LogP contribution in [0.15, 0.2) is 6.07 Å². The molecule has 1 saturated heterocycles. The first kappa shape index (κ1) is 22.6. The number of hydrogen-bond donors (Lipinski definition) is 0. The number of fused-ring (bicyclic) bond motifs is 1. The Hall–Kier alpha value is -1.11. The molecule has 162 valence electrons. The van der Waals surface area contributed by atoms with Crippen LogP contribution >= 0.6 is 32.6 Å². The molecule has 0 N–H and O–H groups in total. The molecule has 0 aliphatic carbocycles. The molecule has 0 radical (unpaired) electrons. The van der Waals surface area contributed by atoms with Crippen molar-refractivity contribution in [3.8, 4) is 0 Å². The molecule has 10 heteroatoms. The van der Waals surface area contributed by atoms with E-state index in [4.69, 9.17) is 19.2 Å². The number of nitrogens with zero attached hydrogens (tertiary/aromatic N) is 4. The number of anilines is 1. The van der Waals surface area contributed by atoms with E-state index in [0.29, 0.717) is 36.4 Å². The summed E-state index contributed by atoms with van der Waals surface area (Å²) in [6.07, 6.45) is 6.78. The molecule has 3 heterocycles. The van der Waals surface area contributed by atoms with Crippen LogP contribution in [0.4, 0.5) is 5.82 Å². The molecule has 0 amide bonds. The fraction of sp³-hybridized carbons (Fsp3) is 0.632. The van der Waals surface area contributed by atoms with Gasteiger partial charge in [0.15, 0.2) is 0 Å². The highest BCUT2D eigenvalue weighted by Crippen LogP contribution is 2.34. The lowest BCUT2D eigenvalue weighted by Crippen LogP contribution is -2.44. The van der Waals surface area contributed by atoms with Crippen molar-refractivity contribution in [1.82, 2.24) is 14.8 Å². The van der Waals surface area contributed by atoms with Crippen LogP contribution < -0.4 is 4.90 Å². The summed E-state index contributed by atoms with van der Waals surface area (Å²) >= 11 is 2.16. The Labute approximate surface area is 186 Å². The number of rotatable bonds is 7. The van der Waals surface area contributed by atoms with Crippen molar-refractivity contribution in [1.29, 1.82) is 0 Å². The molecule has 0 spiro atoms. The molecule has 0 bridgehead atoms. The van der Waals surface area contributed by atoms with Gasteiger partial charge in [-0.15, -0.1) is 0 Å². The Morgan fingerprint density at radius 2 is 2.17 bits per heavy atom. The van der Waals surface area contributed by atoms with Crippen LogP contribution in [0.25, 0.3) is 11.0 Å². The van der Waals surface area contributed by atoms with E-state index in [2.05, 4.69) is 58.3 Å². The quantitative estimate of drug-likeness (QED) is 0.306. The molecule has 2 aromatic rings. The van der Waals surface area contributed by atoms with E-state index in [9.17, 15) is 4.79 Å². The van der Waals surface area contributed by atoms with Crippen LogP contribution in [0, 0.1) is 3.70 Å². The molecule has 8 nitrogen and oxygen atoms in total. The van der Waals surface area contributed by atoms with E-state index in [1.165, 1.54) is 7.11 Å². The lowest BCUT2D eigenvalue weighted by molar-refractivity contribution is 0.0599. The monoisotopic (exact) mass is 536 g/mol. The van der Waals surface area contributed by atoms with Gasteiger partial charge >= 0.3 is 5.97 Å². The number of pyridine rings is 1. The zero-order chi connectivity index (χ0) is 21.2. The molecule has 1 atom stereocenters. The number of methoxy groups -OCH3 is 1. The fourth-order valence-electron chi connectivity index (χ4n) is 3.17. The number of ether oxygens (including phenoxy) is 3. The third kappa shape index (κ3) is 5.33. The first-order valence-electron chi connectivity index (χ1n) is 9.45. The molecule has 29 heavy (non-hydrogen) atoms. The smallest absolute Gasteiger partial charge is 0.340 e. The van der Waals surface area contributed by atoms with Crippen LogP contribution in [0.1, 0.15) is 17.3 Å². The molecular formula is C19H29IN4O4S. The fourth-order valence-corrected chi connectivity index (χ4v) is 4.42. The summed E-state index contributed by atoms with van der Waals surface area (Å²) in [7, 11) is 0.766. The number of esters is 1. The Bertz CT molecular complexity index is 883. The molecule has 0 unspecified atom stereocenters. The summed E-state index contributed by atoms with van der Waals surface area (Å²) in [5.74, 6) is 1.35. The van der Waals surface area contributed by atoms with Gasteiger partial charge in [-0.3, -0.25) is 0 Å². The predicted molar refractivity (Wildman–Crippen MR) is 125 cm³/mol. The second-order valence-electron chi connectivity index (χ2n) is 7.96. The Balaban J connectivity index is 1.96.